The van der Waals surface area contributed by atoms with Gasteiger partial charge in [0.2, 0.25) is 0 Å². The smallest absolute Gasteiger partial charge is 0.432 e. The van der Waals surface area contributed by atoms with E-state index in [0.717, 1.165) is 4.68 Å². The number of fused-ring (bicyclic) bond motifs is 3. The van der Waals surface area contributed by atoms with Gasteiger partial charge in [0.05, 0.1) is 17.1 Å². The van der Waals surface area contributed by atoms with Crippen LogP contribution < -0.4 is 9.47 Å². The summed E-state index contributed by atoms with van der Waals surface area (Å²) in [6.45, 7) is 0.968. The van der Waals surface area contributed by atoms with Crippen molar-refractivity contribution in [2.24, 2.45) is 0 Å². The van der Waals surface area contributed by atoms with Crippen LogP contribution in [0.4, 0.5) is 4.79 Å². The second-order valence-electron chi connectivity index (χ2n) is 3.36. The van der Waals surface area contributed by atoms with Crippen LogP contribution in [0.15, 0.2) is 18.3 Å². The van der Waals surface area contributed by atoms with E-state index < -0.39 is 6.09 Å². The first kappa shape index (κ1) is 9.02. The Balaban J connectivity index is 2.29. The number of rotatable bonds is 0. The van der Waals surface area contributed by atoms with Crippen LogP contribution in [0.25, 0.3) is 10.9 Å². The highest BCUT2D eigenvalue weighted by Crippen LogP contribution is 2.37. The molecule has 3 rings (SSSR count). The molecule has 2 heterocycles. The lowest BCUT2D eigenvalue weighted by Crippen LogP contribution is -2.15. The number of aromatic nitrogens is 2. The van der Waals surface area contributed by atoms with E-state index in [2.05, 4.69) is 5.10 Å². The number of benzene rings is 1. The van der Waals surface area contributed by atoms with Gasteiger partial charge in [-0.3, -0.25) is 0 Å². The molecule has 1 aromatic carbocycles. The maximum Gasteiger partial charge on any atom is 0.432 e. The van der Waals surface area contributed by atoms with E-state index in [1.165, 1.54) is 6.20 Å². The van der Waals surface area contributed by atoms with E-state index in [4.69, 9.17) is 14.6 Å². The van der Waals surface area contributed by atoms with Crippen LogP contribution in [-0.4, -0.2) is 34.2 Å². The van der Waals surface area contributed by atoms with Crippen molar-refractivity contribution in [1.82, 2.24) is 9.78 Å². The molecule has 0 radical (unpaired) electrons. The standard InChI is InChI=1S/C10H8N2O4/c13-10(14)12-7-1-2-8-9(6(7)5-11-12)16-4-3-15-8/h1-2,5H,3-4H2,(H,13,14). The Hall–Kier alpha value is -2.24. The van der Waals surface area contributed by atoms with E-state index in [0.29, 0.717) is 35.6 Å². The monoisotopic (exact) mass is 220 g/mol. The van der Waals surface area contributed by atoms with Crippen LogP contribution in [0, 0.1) is 0 Å². The summed E-state index contributed by atoms with van der Waals surface area (Å²) < 4.78 is 11.8. The van der Waals surface area contributed by atoms with Gasteiger partial charge in [-0.05, 0) is 12.1 Å². The Morgan fingerprint density at radius 3 is 3.00 bits per heavy atom. The van der Waals surface area contributed by atoms with E-state index in [1.807, 2.05) is 0 Å². The summed E-state index contributed by atoms with van der Waals surface area (Å²) in [5.41, 5.74) is 0.497. The van der Waals surface area contributed by atoms with Gasteiger partial charge in [0.15, 0.2) is 11.5 Å². The molecule has 82 valence electrons. The van der Waals surface area contributed by atoms with Gasteiger partial charge in [-0.2, -0.15) is 9.78 Å². The summed E-state index contributed by atoms with van der Waals surface area (Å²) in [6, 6.07) is 3.35. The molecule has 0 saturated heterocycles. The molecule has 6 nitrogen and oxygen atoms in total. The Kier molecular flexibility index (Phi) is 1.76. The molecular weight excluding hydrogens is 212 g/mol. The summed E-state index contributed by atoms with van der Waals surface area (Å²) in [6.07, 6.45) is 0.350. The molecular formula is C10H8N2O4. The van der Waals surface area contributed by atoms with Gasteiger partial charge in [-0.15, -0.1) is 0 Å². The second-order valence-corrected chi connectivity index (χ2v) is 3.36. The minimum Gasteiger partial charge on any atom is -0.486 e. The third-order valence-electron chi connectivity index (χ3n) is 2.44. The molecule has 0 fully saturated rings. The molecule has 6 heteroatoms. The number of ether oxygens (including phenoxy) is 2. The Morgan fingerprint density at radius 1 is 1.38 bits per heavy atom. The molecule has 0 aliphatic carbocycles. The van der Waals surface area contributed by atoms with Crippen molar-refractivity contribution in [2.75, 3.05) is 13.2 Å². The number of carboxylic acid groups (broad SMARTS) is 1. The van der Waals surface area contributed by atoms with Gasteiger partial charge < -0.3 is 14.6 Å². The molecule has 0 bridgehead atoms. The molecule has 0 unspecified atom stereocenters. The van der Waals surface area contributed by atoms with E-state index in [1.54, 1.807) is 12.1 Å². The van der Waals surface area contributed by atoms with Crippen LogP contribution in [0.3, 0.4) is 0 Å². The summed E-state index contributed by atoms with van der Waals surface area (Å²) >= 11 is 0. The molecule has 1 N–H and O–H groups in total. The Bertz CT molecular complexity index is 575. The predicted molar refractivity (Wildman–Crippen MR) is 54.1 cm³/mol. The fraction of sp³-hybridized carbons (Fsp3) is 0.200. The molecule has 0 amide bonds. The maximum absolute atomic E-state index is 10.9. The predicted octanol–water partition coefficient (Wildman–Crippen LogP) is 1.33. The van der Waals surface area contributed by atoms with Crippen molar-refractivity contribution in [3.8, 4) is 11.5 Å². The highest BCUT2D eigenvalue weighted by atomic mass is 16.6. The average molecular weight is 220 g/mol. The first-order chi connectivity index (χ1) is 7.77. The summed E-state index contributed by atoms with van der Waals surface area (Å²) in [5, 5.41) is 13.3. The molecule has 1 aromatic heterocycles. The first-order valence-corrected chi connectivity index (χ1v) is 4.77. The molecule has 1 aliphatic heterocycles. The first-order valence-electron chi connectivity index (χ1n) is 4.77. The number of hydrogen-bond acceptors (Lipinski definition) is 4. The zero-order valence-corrected chi connectivity index (χ0v) is 8.21. The van der Waals surface area contributed by atoms with Crippen molar-refractivity contribution in [3.05, 3.63) is 18.3 Å². The number of hydrogen-bond donors (Lipinski definition) is 1. The SMILES string of the molecule is O=C(O)n1ncc2c3c(ccc21)OCCO3. The average Bonchev–Trinajstić information content (AvgIpc) is 2.73. The molecule has 0 saturated carbocycles. The van der Waals surface area contributed by atoms with Crippen LogP contribution in [-0.2, 0) is 0 Å². The van der Waals surface area contributed by atoms with Gasteiger partial charge in [0.1, 0.15) is 13.2 Å². The number of nitrogens with zero attached hydrogens (tertiary/aromatic N) is 2. The van der Waals surface area contributed by atoms with E-state index in [-0.39, 0.29) is 0 Å². The van der Waals surface area contributed by atoms with Gasteiger partial charge in [0.25, 0.3) is 0 Å². The van der Waals surface area contributed by atoms with Gasteiger partial charge >= 0.3 is 6.09 Å². The minimum atomic E-state index is -1.12. The highest BCUT2D eigenvalue weighted by molar-refractivity contribution is 5.92. The van der Waals surface area contributed by atoms with Crippen molar-refractivity contribution in [3.63, 3.8) is 0 Å². The highest BCUT2D eigenvalue weighted by Gasteiger charge is 2.19. The van der Waals surface area contributed by atoms with E-state index >= 15 is 0 Å². The normalized spacial score (nSPS) is 14.0. The molecule has 2 aromatic rings. The maximum atomic E-state index is 10.9. The van der Waals surface area contributed by atoms with Crippen molar-refractivity contribution < 1.29 is 19.4 Å². The lowest BCUT2D eigenvalue weighted by molar-refractivity contribution is 0.174. The summed E-state index contributed by atoms with van der Waals surface area (Å²) in [5.74, 6) is 1.19. The third-order valence-corrected chi connectivity index (χ3v) is 2.44. The topological polar surface area (TPSA) is 73.6 Å². The summed E-state index contributed by atoms with van der Waals surface area (Å²) in [7, 11) is 0. The lowest BCUT2D eigenvalue weighted by atomic mass is 10.2. The molecule has 0 spiro atoms. The minimum absolute atomic E-state index is 0.463. The number of carbonyl (C=O) groups is 1. The zero-order valence-electron chi connectivity index (χ0n) is 8.21. The van der Waals surface area contributed by atoms with Gasteiger partial charge in [-0.25, -0.2) is 4.79 Å². The van der Waals surface area contributed by atoms with Crippen LogP contribution in [0.5, 0.6) is 11.5 Å². The van der Waals surface area contributed by atoms with Gasteiger partial charge in [0, 0.05) is 0 Å². The van der Waals surface area contributed by atoms with Gasteiger partial charge in [-0.1, -0.05) is 0 Å². The van der Waals surface area contributed by atoms with Crippen molar-refractivity contribution >= 4 is 17.0 Å². The second kappa shape index (κ2) is 3.13. The van der Waals surface area contributed by atoms with E-state index in [9.17, 15) is 4.79 Å². The van der Waals surface area contributed by atoms with Crippen LogP contribution in [0.1, 0.15) is 0 Å². The lowest BCUT2D eigenvalue weighted by Gasteiger charge is -2.18. The Morgan fingerprint density at radius 2 is 2.19 bits per heavy atom. The van der Waals surface area contributed by atoms with Crippen molar-refractivity contribution in [2.45, 2.75) is 0 Å². The Labute approximate surface area is 90.0 Å². The largest absolute Gasteiger partial charge is 0.486 e. The fourth-order valence-corrected chi connectivity index (χ4v) is 1.77. The van der Waals surface area contributed by atoms with Crippen LogP contribution in [0.2, 0.25) is 0 Å². The quantitative estimate of drug-likeness (QED) is 0.725. The third kappa shape index (κ3) is 1.13. The van der Waals surface area contributed by atoms with Crippen molar-refractivity contribution in [1.29, 1.82) is 0 Å². The summed E-state index contributed by atoms with van der Waals surface area (Å²) in [4.78, 5) is 10.9. The van der Waals surface area contributed by atoms with Crippen LogP contribution >= 0.6 is 0 Å². The zero-order chi connectivity index (χ0) is 11.1. The fourth-order valence-electron chi connectivity index (χ4n) is 1.77. The molecule has 16 heavy (non-hydrogen) atoms. The molecule has 0 atom stereocenters. The molecule has 1 aliphatic rings.